The molecule has 0 aliphatic heterocycles. The molecular weight excluding hydrogens is 186 g/mol. The van der Waals surface area contributed by atoms with E-state index in [4.69, 9.17) is 34.8 Å². The Hall–Kier alpha value is 0.500. The molecule has 0 saturated heterocycles. The van der Waals surface area contributed by atoms with Gasteiger partial charge in [-0.1, -0.05) is 23.2 Å². The van der Waals surface area contributed by atoms with E-state index in [1.807, 2.05) is 0 Å². The number of carbonyl (C=O) groups excluding carboxylic acids is 1. The van der Waals surface area contributed by atoms with Crippen LogP contribution in [0, 0.1) is 0 Å². The van der Waals surface area contributed by atoms with Crippen LogP contribution in [-0.4, -0.2) is 16.4 Å². The first kappa shape index (κ1) is 9.50. The van der Waals surface area contributed by atoms with Crippen LogP contribution < -0.4 is 0 Å². The molecular formula is C4H5Cl3O2. The highest BCUT2D eigenvalue weighted by molar-refractivity contribution is 6.77. The number of hydrogen-bond donors (Lipinski definition) is 0. The average Bonchev–Trinajstić information content (AvgIpc) is 1.65. The molecule has 0 aromatic rings. The molecule has 0 N–H and O–H groups in total. The van der Waals surface area contributed by atoms with Crippen molar-refractivity contribution in [2.24, 2.45) is 0 Å². The van der Waals surface area contributed by atoms with Crippen molar-refractivity contribution < 1.29 is 9.53 Å². The predicted octanol–water partition coefficient (Wildman–Crippen LogP) is 1.92. The normalized spacial score (nSPS) is 11.6. The van der Waals surface area contributed by atoms with Gasteiger partial charge in [-0.2, -0.15) is 0 Å². The number of halogens is 3. The largest absolute Gasteiger partial charge is 0.340 e. The summed E-state index contributed by atoms with van der Waals surface area (Å²) in [5, 5.41) is -0.923. The van der Waals surface area contributed by atoms with Gasteiger partial charge in [-0.15, -0.1) is 0 Å². The number of ether oxygens (including phenoxy) is 1. The third-order valence-corrected chi connectivity index (χ3v) is 1.58. The summed E-state index contributed by atoms with van der Waals surface area (Å²) in [5.41, 5.74) is 0. The topological polar surface area (TPSA) is 26.3 Å². The molecule has 54 valence electrons. The standard InChI is InChI=1S/C4H5Cl3O2/c1-2-9-4(6,7)3(5)8/h2H2,1H3. The van der Waals surface area contributed by atoms with E-state index in [1.54, 1.807) is 6.92 Å². The van der Waals surface area contributed by atoms with E-state index >= 15 is 0 Å². The molecule has 0 atom stereocenters. The minimum atomic E-state index is -1.88. The Kier molecular flexibility index (Phi) is 3.82. The lowest BCUT2D eigenvalue weighted by molar-refractivity contribution is -0.120. The Labute approximate surface area is 68.0 Å². The van der Waals surface area contributed by atoms with Gasteiger partial charge in [0.1, 0.15) is 0 Å². The first-order valence-electron chi connectivity index (χ1n) is 2.22. The highest BCUT2D eigenvalue weighted by atomic mass is 35.5. The van der Waals surface area contributed by atoms with Crippen LogP contribution in [0.4, 0.5) is 0 Å². The van der Waals surface area contributed by atoms with Crippen LogP contribution in [0.15, 0.2) is 0 Å². The summed E-state index contributed by atoms with van der Waals surface area (Å²) in [6.07, 6.45) is 0. The number of hydrogen-bond acceptors (Lipinski definition) is 2. The van der Waals surface area contributed by atoms with Gasteiger partial charge in [0.2, 0.25) is 0 Å². The third kappa shape index (κ3) is 3.26. The molecule has 9 heavy (non-hydrogen) atoms. The Morgan fingerprint density at radius 1 is 1.67 bits per heavy atom. The monoisotopic (exact) mass is 190 g/mol. The first-order chi connectivity index (χ1) is 4.00. The van der Waals surface area contributed by atoms with Crippen molar-refractivity contribution in [3.8, 4) is 0 Å². The molecule has 0 saturated carbocycles. The van der Waals surface area contributed by atoms with E-state index in [0.29, 0.717) is 0 Å². The third-order valence-electron chi connectivity index (χ3n) is 0.554. The van der Waals surface area contributed by atoms with Crippen molar-refractivity contribution in [3.63, 3.8) is 0 Å². The molecule has 0 radical (unpaired) electrons. The van der Waals surface area contributed by atoms with Crippen molar-refractivity contribution >= 4 is 40.0 Å². The maximum absolute atomic E-state index is 10.2. The van der Waals surface area contributed by atoms with Crippen molar-refractivity contribution in [1.82, 2.24) is 0 Å². The molecule has 0 aliphatic rings. The summed E-state index contributed by atoms with van der Waals surface area (Å²) in [6.45, 7) is 1.89. The summed E-state index contributed by atoms with van der Waals surface area (Å²) < 4.78 is 2.66. The Bertz CT molecular complexity index is 112. The second-order valence-corrected chi connectivity index (χ2v) is 2.82. The van der Waals surface area contributed by atoms with Crippen LogP contribution in [0.3, 0.4) is 0 Å². The van der Waals surface area contributed by atoms with Crippen LogP contribution >= 0.6 is 34.8 Å². The second kappa shape index (κ2) is 3.62. The van der Waals surface area contributed by atoms with Crippen molar-refractivity contribution in [3.05, 3.63) is 0 Å². The zero-order chi connectivity index (χ0) is 7.49. The van der Waals surface area contributed by atoms with Crippen LogP contribution in [0.2, 0.25) is 0 Å². The fourth-order valence-electron chi connectivity index (χ4n) is 0.238. The van der Waals surface area contributed by atoms with Crippen LogP contribution in [-0.2, 0) is 9.53 Å². The Morgan fingerprint density at radius 2 is 2.11 bits per heavy atom. The van der Waals surface area contributed by atoms with Gasteiger partial charge in [0, 0.05) is 6.61 Å². The second-order valence-electron chi connectivity index (χ2n) is 1.22. The molecule has 0 unspecified atom stereocenters. The van der Waals surface area contributed by atoms with Gasteiger partial charge in [0.25, 0.3) is 9.76 Å². The minimum absolute atomic E-state index is 0.242. The van der Waals surface area contributed by atoms with Gasteiger partial charge >= 0.3 is 0 Å². The fourth-order valence-corrected chi connectivity index (χ4v) is 0.511. The fraction of sp³-hybridized carbons (Fsp3) is 0.750. The smallest absolute Gasteiger partial charge is 0.293 e. The van der Waals surface area contributed by atoms with Crippen molar-refractivity contribution in [2.75, 3.05) is 6.61 Å². The average molecular weight is 191 g/mol. The highest BCUT2D eigenvalue weighted by Gasteiger charge is 2.32. The molecule has 5 heteroatoms. The molecule has 0 fully saturated rings. The molecule has 2 nitrogen and oxygen atoms in total. The summed E-state index contributed by atoms with van der Waals surface area (Å²) >= 11 is 15.4. The summed E-state index contributed by atoms with van der Waals surface area (Å²) in [4.78, 5) is 10.2. The van der Waals surface area contributed by atoms with Gasteiger partial charge in [0.15, 0.2) is 0 Å². The van der Waals surface area contributed by atoms with E-state index < -0.39 is 9.76 Å². The summed E-state index contributed by atoms with van der Waals surface area (Å²) in [7, 11) is 0. The highest BCUT2D eigenvalue weighted by Crippen LogP contribution is 2.24. The molecule has 0 amide bonds. The van der Waals surface area contributed by atoms with Crippen LogP contribution in [0.5, 0.6) is 0 Å². The van der Waals surface area contributed by atoms with Crippen LogP contribution in [0.1, 0.15) is 6.92 Å². The molecule has 0 heterocycles. The SMILES string of the molecule is CCOC(Cl)(Cl)C(=O)Cl. The first-order valence-corrected chi connectivity index (χ1v) is 3.35. The Balaban J connectivity index is 3.85. The van der Waals surface area contributed by atoms with Gasteiger partial charge in [-0.3, -0.25) is 4.79 Å². The molecule has 0 rings (SSSR count). The van der Waals surface area contributed by atoms with Crippen molar-refractivity contribution in [1.29, 1.82) is 0 Å². The van der Waals surface area contributed by atoms with E-state index in [1.165, 1.54) is 0 Å². The lowest BCUT2D eigenvalue weighted by Gasteiger charge is -2.12. The van der Waals surface area contributed by atoms with E-state index in [9.17, 15) is 4.79 Å². The number of carbonyl (C=O) groups is 1. The van der Waals surface area contributed by atoms with Crippen LogP contribution in [0.25, 0.3) is 0 Å². The lowest BCUT2D eigenvalue weighted by Crippen LogP contribution is -2.25. The predicted molar refractivity (Wildman–Crippen MR) is 36.9 cm³/mol. The van der Waals surface area contributed by atoms with Gasteiger partial charge in [-0.05, 0) is 18.5 Å². The molecule has 0 bridgehead atoms. The van der Waals surface area contributed by atoms with E-state index in [-0.39, 0.29) is 6.61 Å². The maximum Gasteiger partial charge on any atom is 0.293 e. The quantitative estimate of drug-likeness (QED) is 0.503. The molecule has 0 aromatic heterocycles. The number of rotatable bonds is 3. The minimum Gasteiger partial charge on any atom is -0.340 e. The summed E-state index contributed by atoms with van der Waals surface area (Å²) in [6, 6.07) is 0. The van der Waals surface area contributed by atoms with Gasteiger partial charge < -0.3 is 4.74 Å². The Morgan fingerprint density at radius 3 is 2.22 bits per heavy atom. The molecule has 0 aliphatic carbocycles. The molecule has 0 aromatic carbocycles. The summed E-state index contributed by atoms with van der Waals surface area (Å²) in [5.74, 6) is 0. The van der Waals surface area contributed by atoms with Gasteiger partial charge in [0.05, 0.1) is 0 Å². The zero-order valence-electron chi connectivity index (χ0n) is 4.66. The van der Waals surface area contributed by atoms with Gasteiger partial charge in [-0.25, -0.2) is 0 Å². The van der Waals surface area contributed by atoms with E-state index in [0.717, 1.165) is 0 Å². The molecule has 0 spiro atoms. The lowest BCUT2D eigenvalue weighted by atomic mass is 10.7. The number of alkyl halides is 2. The maximum atomic E-state index is 10.2. The zero-order valence-corrected chi connectivity index (χ0v) is 6.93. The van der Waals surface area contributed by atoms with E-state index in [2.05, 4.69) is 4.74 Å². The van der Waals surface area contributed by atoms with Crippen molar-refractivity contribution in [2.45, 2.75) is 11.4 Å².